The van der Waals surface area contributed by atoms with Crippen LogP contribution in [-0.2, 0) is 4.79 Å². The van der Waals surface area contributed by atoms with E-state index in [1.165, 1.54) is 23.9 Å². The van der Waals surface area contributed by atoms with E-state index in [1.807, 2.05) is 13.8 Å². The highest BCUT2D eigenvalue weighted by molar-refractivity contribution is 8.00. The SMILES string of the molecule is C#CCNC(=O)C(C)SC(C)c1ccc(F)cc1. The van der Waals surface area contributed by atoms with Crippen LogP contribution in [0.25, 0.3) is 0 Å². The highest BCUT2D eigenvalue weighted by atomic mass is 32.2. The third kappa shape index (κ3) is 4.42. The summed E-state index contributed by atoms with van der Waals surface area (Å²) in [5, 5.41) is 2.57. The van der Waals surface area contributed by atoms with Gasteiger partial charge in [0.2, 0.25) is 5.91 Å². The lowest BCUT2D eigenvalue weighted by Crippen LogP contribution is -2.31. The molecular weight excluding hydrogens is 249 g/mol. The predicted molar refractivity (Wildman–Crippen MR) is 73.7 cm³/mol. The van der Waals surface area contributed by atoms with Crippen molar-refractivity contribution < 1.29 is 9.18 Å². The number of benzene rings is 1. The Bertz CT molecular complexity index is 438. The first-order valence-electron chi connectivity index (χ1n) is 5.66. The number of rotatable bonds is 5. The second-order valence-corrected chi connectivity index (χ2v) is 5.58. The molecule has 0 aliphatic rings. The van der Waals surface area contributed by atoms with Gasteiger partial charge in [0.1, 0.15) is 5.82 Å². The Labute approximate surface area is 111 Å². The van der Waals surface area contributed by atoms with Gasteiger partial charge in [-0.15, -0.1) is 18.2 Å². The molecule has 1 aromatic carbocycles. The number of carbonyl (C=O) groups is 1. The van der Waals surface area contributed by atoms with E-state index in [0.29, 0.717) is 0 Å². The van der Waals surface area contributed by atoms with E-state index in [9.17, 15) is 9.18 Å². The quantitative estimate of drug-likeness (QED) is 0.829. The number of terminal acetylenes is 1. The van der Waals surface area contributed by atoms with Crippen LogP contribution in [0.5, 0.6) is 0 Å². The highest BCUT2D eigenvalue weighted by Crippen LogP contribution is 2.31. The largest absolute Gasteiger partial charge is 0.344 e. The molecule has 1 aromatic rings. The number of carbonyl (C=O) groups excluding carboxylic acids is 1. The Morgan fingerprint density at radius 2 is 2.06 bits per heavy atom. The summed E-state index contributed by atoms with van der Waals surface area (Å²) >= 11 is 1.51. The van der Waals surface area contributed by atoms with Crippen LogP contribution in [-0.4, -0.2) is 17.7 Å². The van der Waals surface area contributed by atoms with Gasteiger partial charge in [-0.3, -0.25) is 4.79 Å². The molecule has 0 aliphatic heterocycles. The normalized spacial score (nSPS) is 13.4. The van der Waals surface area contributed by atoms with Crippen LogP contribution in [0, 0.1) is 18.2 Å². The monoisotopic (exact) mass is 265 g/mol. The molecule has 0 saturated carbocycles. The maximum absolute atomic E-state index is 12.8. The first-order chi connectivity index (χ1) is 8.54. The molecule has 0 aliphatic carbocycles. The van der Waals surface area contributed by atoms with Crippen LogP contribution in [0.4, 0.5) is 4.39 Å². The minimum absolute atomic E-state index is 0.0769. The summed E-state index contributed by atoms with van der Waals surface area (Å²) in [6, 6.07) is 6.32. The molecule has 0 bridgehead atoms. The smallest absolute Gasteiger partial charge is 0.233 e. The van der Waals surface area contributed by atoms with Crippen LogP contribution < -0.4 is 5.32 Å². The van der Waals surface area contributed by atoms with Crippen molar-refractivity contribution in [3.8, 4) is 12.3 Å². The average Bonchev–Trinajstić information content (AvgIpc) is 2.36. The van der Waals surface area contributed by atoms with E-state index in [4.69, 9.17) is 6.42 Å². The Morgan fingerprint density at radius 3 is 2.61 bits per heavy atom. The van der Waals surface area contributed by atoms with Crippen LogP contribution in [0.2, 0.25) is 0 Å². The van der Waals surface area contributed by atoms with Gasteiger partial charge in [-0.2, -0.15) is 0 Å². The fourth-order valence-corrected chi connectivity index (χ4v) is 2.60. The van der Waals surface area contributed by atoms with Gasteiger partial charge in [0.05, 0.1) is 11.8 Å². The average molecular weight is 265 g/mol. The summed E-state index contributed by atoms with van der Waals surface area (Å²) in [4.78, 5) is 11.6. The lowest BCUT2D eigenvalue weighted by atomic mass is 10.2. The lowest BCUT2D eigenvalue weighted by molar-refractivity contribution is -0.120. The fraction of sp³-hybridized carbons (Fsp3) is 0.357. The van der Waals surface area contributed by atoms with Crippen molar-refractivity contribution in [1.82, 2.24) is 5.32 Å². The zero-order valence-corrected chi connectivity index (χ0v) is 11.3. The summed E-state index contributed by atoms with van der Waals surface area (Å²) in [6.07, 6.45) is 5.08. The van der Waals surface area contributed by atoms with Crippen molar-refractivity contribution >= 4 is 17.7 Å². The standard InChI is InChI=1S/C14H16FNOS/c1-4-9-16-14(17)11(3)18-10(2)12-5-7-13(15)8-6-12/h1,5-8,10-11H,9H2,2-3H3,(H,16,17). The number of thioether (sulfide) groups is 1. The first-order valence-corrected chi connectivity index (χ1v) is 6.61. The molecule has 0 fully saturated rings. The Morgan fingerprint density at radius 1 is 1.44 bits per heavy atom. The molecular formula is C14H16FNOS. The minimum atomic E-state index is -0.254. The fourth-order valence-electron chi connectivity index (χ4n) is 1.46. The third-order valence-corrected chi connectivity index (χ3v) is 3.78. The molecule has 0 radical (unpaired) electrons. The summed E-state index contributed by atoms with van der Waals surface area (Å²) in [5.74, 6) is 2.03. The van der Waals surface area contributed by atoms with Crippen molar-refractivity contribution in [2.24, 2.45) is 0 Å². The maximum atomic E-state index is 12.8. The van der Waals surface area contributed by atoms with E-state index in [-0.39, 0.29) is 28.8 Å². The van der Waals surface area contributed by atoms with Gasteiger partial charge < -0.3 is 5.32 Å². The Kier molecular flexibility index (Phi) is 5.73. The zero-order chi connectivity index (χ0) is 13.5. The molecule has 96 valence electrons. The molecule has 2 unspecified atom stereocenters. The van der Waals surface area contributed by atoms with Gasteiger partial charge in [-0.25, -0.2) is 4.39 Å². The van der Waals surface area contributed by atoms with Gasteiger partial charge in [0.25, 0.3) is 0 Å². The van der Waals surface area contributed by atoms with Gasteiger partial charge >= 0.3 is 0 Å². The van der Waals surface area contributed by atoms with Gasteiger partial charge in [-0.1, -0.05) is 18.1 Å². The van der Waals surface area contributed by atoms with E-state index < -0.39 is 0 Å². The highest BCUT2D eigenvalue weighted by Gasteiger charge is 2.17. The topological polar surface area (TPSA) is 29.1 Å². The number of halogens is 1. The van der Waals surface area contributed by atoms with Crippen molar-refractivity contribution in [2.45, 2.75) is 24.3 Å². The van der Waals surface area contributed by atoms with Crippen LogP contribution >= 0.6 is 11.8 Å². The summed E-state index contributed by atoms with van der Waals surface area (Å²) in [6.45, 7) is 4.06. The summed E-state index contributed by atoms with van der Waals surface area (Å²) in [7, 11) is 0. The number of hydrogen-bond acceptors (Lipinski definition) is 2. The Hall–Kier alpha value is -1.47. The second kappa shape index (κ2) is 7.07. The molecule has 18 heavy (non-hydrogen) atoms. The molecule has 0 heterocycles. The third-order valence-electron chi connectivity index (χ3n) is 2.48. The van der Waals surface area contributed by atoms with E-state index in [2.05, 4.69) is 11.2 Å². The second-order valence-electron chi connectivity index (χ2n) is 3.89. The van der Waals surface area contributed by atoms with Crippen LogP contribution in [0.15, 0.2) is 24.3 Å². The van der Waals surface area contributed by atoms with Crippen molar-refractivity contribution in [3.05, 3.63) is 35.6 Å². The molecule has 1 amide bonds. The van der Waals surface area contributed by atoms with Crippen LogP contribution in [0.3, 0.4) is 0 Å². The summed E-state index contributed by atoms with van der Waals surface area (Å²) < 4.78 is 12.8. The molecule has 4 heteroatoms. The predicted octanol–water partition coefficient (Wildman–Crippen LogP) is 2.76. The molecule has 1 rings (SSSR count). The molecule has 0 saturated heterocycles. The van der Waals surface area contributed by atoms with Crippen molar-refractivity contribution in [2.75, 3.05) is 6.54 Å². The number of amides is 1. The molecule has 2 atom stereocenters. The van der Waals surface area contributed by atoms with Gasteiger partial charge in [-0.05, 0) is 31.5 Å². The van der Waals surface area contributed by atoms with E-state index >= 15 is 0 Å². The molecule has 0 aromatic heterocycles. The van der Waals surface area contributed by atoms with Gasteiger partial charge in [0, 0.05) is 5.25 Å². The van der Waals surface area contributed by atoms with Crippen molar-refractivity contribution in [3.63, 3.8) is 0 Å². The molecule has 1 N–H and O–H groups in total. The van der Waals surface area contributed by atoms with E-state index in [1.54, 1.807) is 12.1 Å². The van der Waals surface area contributed by atoms with E-state index in [0.717, 1.165) is 5.56 Å². The lowest BCUT2D eigenvalue weighted by Gasteiger charge is -2.16. The summed E-state index contributed by atoms with van der Waals surface area (Å²) in [5.41, 5.74) is 0.998. The minimum Gasteiger partial charge on any atom is -0.344 e. The first kappa shape index (κ1) is 14.6. The Balaban J connectivity index is 2.54. The van der Waals surface area contributed by atoms with Gasteiger partial charge in [0.15, 0.2) is 0 Å². The maximum Gasteiger partial charge on any atom is 0.233 e. The van der Waals surface area contributed by atoms with Crippen LogP contribution in [0.1, 0.15) is 24.7 Å². The van der Waals surface area contributed by atoms with Crippen molar-refractivity contribution in [1.29, 1.82) is 0 Å². The number of nitrogens with one attached hydrogen (secondary N) is 1. The molecule has 2 nitrogen and oxygen atoms in total. The molecule has 0 spiro atoms. The number of hydrogen-bond donors (Lipinski definition) is 1. The zero-order valence-electron chi connectivity index (χ0n) is 10.4.